The van der Waals surface area contributed by atoms with E-state index in [9.17, 15) is 5.11 Å². The Bertz CT molecular complexity index is 778. The predicted octanol–water partition coefficient (Wildman–Crippen LogP) is 1.27. The molecule has 2 N–H and O–H groups in total. The van der Waals surface area contributed by atoms with Crippen molar-refractivity contribution in [1.82, 2.24) is 15.2 Å². The smallest absolute Gasteiger partial charge is 0.176 e. The summed E-state index contributed by atoms with van der Waals surface area (Å²) in [6.07, 6.45) is 3.38. The molecule has 0 unspecified atom stereocenters. The van der Waals surface area contributed by atoms with Crippen molar-refractivity contribution in [2.45, 2.75) is 50.0 Å². The van der Waals surface area contributed by atoms with Crippen molar-refractivity contribution >= 4 is 10.9 Å². The fraction of sp³-hybridized carbons (Fsp3) is 0.550. The molecule has 0 spiro atoms. The van der Waals surface area contributed by atoms with Crippen LogP contribution in [0.15, 0.2) is 36.5 Å². The zero-order valence-electron chi connectivity index (χ0n) is 14.8. The molecule has 0 amide bonds. The van der Waals surface area contributed by atoms with Crippen molar-refractivity contribution < 1.29 is 14.6 Å². The number of likely N-dealkylation sites (tertiary alicyclic amines) is 1. The molecule has 0 radical (unpaired) electrons. The number of nitrogens with zero attached hydrogens (tertiary/aromatic N) is 2. The van der Waals surface area contributed by atoms with Gasteiger partial charge in [-0.15, -0.1) is 0 Å². The van der Waals surface area contributed by atoms with Gasteiger partial charge in [-0.1, -0.05) is 18.2 Å². The standard InChI is InChI=1S/C20H25N3O3/c24-19-17(16-12-25-20(26-16)18(19)23-7-3-4-8-23)22-11-13-9-14-5-1-2-6-15(14)21-10-13/h1-2,5-6,9-10,16-20,22,24H,3-4,7-8,11-12H2/t16-,17-,18-,19+,20-/m1/s1. The lowest BCUT2D eigenvalue weighted by Gasteiger charge is -2.42. The fourth-order valence-corrected chi connectivity index (χ4v) is 4.53. The first-order valence-electron chi connectivity index (χ1n) is 9.56. The van der Waals surface area contributed by atoms with Gasteiger partial charge < -0.3 is 19.9 Å². The van der Waals surface area contributed by atoms with Crippen molar-refractivity contribution in [3.63, 3.8) is 0 Å². The van der Waals surface area contributed by atoms with Crippen molar-refractivity contribution in [2.24, 2.45) is 0 Å². The molecule has 3 fully saturated rings. The average Bonchev–Trinajstić information content (AvgIpc) is 3.33. The maximum absolute atomic E-state index is 11.0. The quantitative estimate of drug-likeness (QED) is 0.861. The molecule has 1 aromatic carbocycles. The molecule has 3 aliphatic rings. The maximum atomic E-state index is 11.0. The van der Waals surface area contributed by atoms with Crippen LogP contribution in [0, 0.1) is 0 Å². The number of pyridine rings is 1. The van der Waals surface area contributed by atoms with Crippen LogP contribution in [0.1, 0.15) is 18.4 Å². The highest BCUT2D eigenvalue weighted by molar-refractivity contribution is 5.78. The first kappa shape index (κ1) is 16.6. The third kappa shape index (κ3) is 2.92. The number of hydrogen-bond acceptors (Lipinski definition) is 6. The van der Waals surface area contributed by atoms with Crippen molar-refractivity contribution in [1.29, 1.82) is 0 Å². The summed E-state index contributed by atoms with van der Waals surface area (Å²) in [5, 5.41) is 15.7. The van der Waals surface area contributed by atoms with Crippen LogP contribution in [0.25, 0.3) is 10.9 Å². The summed E-state index contributed by atoms with van der Waals surface area (Å²) < 4.78 is 11.9. The minimum absolute atomic E-state index is 0.0801. The number of benzene rings is 1. The van der Waals surface area contributed by atoms with Gasteiger partial charge in [-0.3, -0.25) is 9.88 Å². The summed E-state index contributed by atoms with van der Waals surface area (Å²) in [6.45, 7) is 3.21. The lowest BCUT2D eigenvalue weighted by atomic mass is 9.95. The molecule has 0 saturated carbocycles. The number of aliphatic hydroxyl groups excluding tert-OH is 1. The van der Waals surface area contributed by atoms with Crippen LogP contribution in [-0.2, 0) is 16.0 Å². The van der Waals surface area contributed by atoms with E-state index < -0.39 is 6.10 Å². The highest BCUT2D eigenvalue weighted by atomic mass is 16.7. The molecular weight excluding hydrogens is 330 g/mol. The van der Waals surface area contributed by atoms with Gasteiger partial charge >= 0.3 is 0 Å². The zero-order chi connectivity index (χ0) is 17.5. The van der Waals surface area contributed by atoms with Gasteiger partial charge in [0.2, 0.25) is 0 Å². The molecule has 3 aliphatic heterocycles. The molecule has 5 rings (SSSR count). The minimum Gasteiger partial charge on any atom is -0.390 e. The first-order valence-corrected chi connectivity index (χ1v) is 9.56. The van der Waals surface area contributed by atoms with Crippen LogP contribution in [-0.4, -0.2) is 65.3 Å². The van der Waals surface area contributed by atoms with Gasteiger partial charge in [0.05, 0.1) is 30.3 Å². The van der Waals surface area contributed by atoms with Crippen LogP contribution < -0.4 is 5.32 Å². The van der Waals surface area contributed by atoms with Gasteiger partial charge in [-0.2, -0.15) is 0 Å². The number of aliphatic hydroxyl groups is 1. The van der Waals surface area contributed by atoms with Crippen molar-refractivity contribution in [3.05, 3.63) is 42.1 Å². The fourth-order valence-electron chi connectivity index (χ4n) is 4.53. The van der Waals surface area contributed by atoms with E-state index >= 15 is 0 Å². The summed E-state index contributed by atoms with van der Waals surface area (Å²) in [5.74, 6) is 0. The zero-order valence-corrected chi connectivity index (χ0v) is 14.8. The minimum atomic E-state index is -0.493. The summed E-state index contributed by atoms with van der Waals surface area (Å²) in [6, 6.07) is 10.0. The second-order valence-corrected chi connectivity index (χ2v) is 7.54. The Hall–Kier alpha value is -1.57. The van der Waals surface area contributed by atoms with Gasteiger partial charge in [-0.05, 0) is 43.6 Å². The number of ether oxygens (including phenoxy) is 2. The second-order valence-electron chi connectivity index (χ2n) is 7.54. The molecule has 3 saturated heterocycles. The number of hydrogen-bond donors (Lipinski definition) is 2. The van der Waals surface area contributed by atoms with Crippen LogP contribution in [0.3, 0.4) is 0 Å². The Balaban J connectivity index is 1.32. The molecule has 6 heteroatoms. The van der Waals surface area contributed by atoms with Crippen LogP contribution >= 0.6 is 0 Å². The van der Waals surface area contributed by atoms with Crippen molar-refractivity contribution in [3.8, 4) is 0 Å². The number of fused-ring (bicyclic) bond motifs is 3. The summed E-state index contributed by atoms with van der Waals surface area (Å²) in [4.78, 5) is 6.85. The van der Waals surface area contributed by atoms with E-state index in [1.165, 1.54) is 12.8 Å². The molecule has 26 heavy (non-hydrogen) atoms. The molecule has 4 heterocycles. The summed E-state index contributed by atoms with van der Waals surface area (Å²) in [7, 11) is 0. The molecule has 1 aromatic heterocycles. The highest BCUT2D eigenvalue weighted by Gasteiger charge is 2.52. The molecule has 2 bridgehead atoms. The monoisotopic (exact) mass is 355 g/mol. The van der Waals surface area contributed by atoms with E-state index in [4.69, 9.17) is 9.47 Å². The summed E-state index contributed by atoms with van der Waals surface area (Å²) >= 11 is 0. The SMILES string of the molecule is O[C@H]1[C@H](NCc2cnc3ccccc3c2)[C@H]2CO[C@H](O2)[C@@H]1N1CCCC1. The van der Waals surface area contributed by atoms with Crippen LogP contribution in [0.5, 0.6) is 0 Å². The second kappa shape index (κ2) is 6.87. The lowest BCUT2D eigenvalue weighted by molar-refractivity contribution is -0.179. The van der Waals surface area contributed by atoms with E-state index in [-0.39, 0.29) is 24.5 Å². The molecule has 6 nitrogen and oxygen atoms in total. The Morgan fingerprint density at radius 1 is 1.23 bits per heavy atom. The first-order chi connectivity index (χ1) is 12.8. The molecule has 138 valence electrons. The molecule has 2 aromatic rings. The van der Waals surface area contributed by atoms with Crippen LogP contribution in [0.4, 0.5) is 0 Å². The normalized spacial score (nSPS) is 34.6. The Morgan fingerprint density at radius 2 is 2.08 bits per heavy atom. The van der Waals surface area contributed by atoms with Gasteiger partial charge in [0.25, 0.3) is 0 Å². The van der Waals surface area contributed by atoms with Gasteiger partial charge in [0.1, 0.15) is 6.10 Å². The van der Waals surface area contributed by atoms with E-state index in [2.05, 4.69) is 27.3 Å². The average molecular weight is 355 g/mol. The van der Waals surface area contributed by atoms with Gasteiger partial charge in [0, 0.05) is 18.1 Å². The highest BCUT2D eigenvalue weighted by Crippen LogP contribution is 2.33. The Morgan fingerprint density at radius 3 is 2.96 bits per heavy atom. The molecule has 0 aliphatic carbocycles. The van der Waals surface area contributed by atoms with E-state index in [0.29, 0.717) is 13.2 Å². The topological polar surface area (TPSA) is 66.8 Å². The van der Waals surface area contributed by atoms with E-state index in [0.717, 1.165) is 29.6 Å². The third-order valence-corrected chi connectivity index (χ3v) is 5.88. The van der Waals surface area contributed by atoms with Gasteiger partial charge in [-0.25, -0.2) is 0 Å². The largest absolute Gasteiger partial charge is 0.390 e. The number of aromatic nitrogens is 1. The van der Waals surface area contributed by atoms with E-state index in [1.807, 2.05) is 24.4 Å². The predicted molar refractivity (Wildman–Crippen MR) is 97.6 cm³/mol. The third-order valence-electron chi connectivity index (χ3n) is 5.88. The maximum Gasteiger partial charge on any atom is 0.176 e. The number of para-hydroxylation sites is 1. The lowest BCUT2D eigenvalue weighted by Crippen LogP contribution is -2.63. The van der Waals surface area contributed by atoms with Crippen LogP contribution in [0.2, 0.25) is 0 Å². The molecular formula is C20H25N3O3. The number of rotatable bonds is 4. The van der Waals surface area contributed by atoms with Crippen molar-refractivity contribution in [2.75, 3.05) is 19.7 Å². The number of nitrogens with one attached hydrogen (secondary N) is 1. The Labute approximate surface area is 153 Å². The Kier molecular flexibility index (Phi) is 4.38. The van der Waals surface area contributed by atoms with Gasteiger partial charge in [0.15, 0.2) is 6.29 Å². The van der Waals surface area contributed by atoms with E-state index in [1.54, 1.807) is 0 Å². The molecule has 5 atom stereocenters. The summed E-state index contributed by atoms with van der Waals surface area (Å²) in [5.41, 5.74) is 2.10.